The summed E-state index contributed by atoms with van der Waals surface area (Å²) in [6, 6.07) is 20.7. The van der Waals surface area contributed by atoms with Gasteiger partial charge >= 0.3 is 0 Å². The number of benzene rings is 2. The van der Waals surface area contributed by atoms with Crippen LogP contribution in [0.5, 0.6) is 0 Å². The van der Waals surface area contributed by atoms with Crippen LogP contribution in [0.3, 0.4) is 0 Å². The van der Waals surface area contributed by atoms with E-state index in [0.717, 1.165) is 24.5 Å². The molecule has 3 nitrogen and oxygen atoms in total. The zero-order valence-electron chi connectivity index (χ0n) is 15.2. The van der Waals surface area contributed by atoms with Gasteiger partial charge in [0.25, 0.3) is 0 Å². The molecule has 3 heteroatoms. The molecule has 1 heterocycles. The molecule has 1 aromatic heterocycles. The summed E-state index contributed by atoms with van der Waals surface area (Å²) in [4.78, 5) is 2.31. The first kappa shape index (κ1) is 17.2. The minimum atomic E-state index is 0.892. The van der Waals surface area contributed by atoms with Gasteiger partial charge in [-0.1, -0.05) is 60.7 Å². The molecule has 0 fully saturated rings. The van der Waals surface area contributed by atoms with Crippen molar-refractivity contribution in [3.63, 3.8) is 0 Å². The Kier molecular flexibility index (Phi) is 5.46. The predicted molar refractivity (Wildman–Crippen MR) is 105 cm³/mol. The largest absolute Gasteiger partial charge is 0.298 e. The zero-order chi connectivity index (χ0) is 17.6. The number of likely N-dealkylation sites (N-methyl/N-ethyl adjacent to an activating group) is 1. The molecule has 3 aromatic rings. The van der Waals surface area contributed by atoms with Crippen molar-refractivity contribution in [3.05, 3.63) is 89.3 Å². The second-order valence-corrected chi connectivity index (χ2v) is 6.41. The lowest BCUT2D eigenvalue weighted by Gasteiger charge is -2.15. The third kappa shape index (κ3) is 4.25. The van der Waals surface area contributed by atoms with Crippen molar-refractivity contribution in [3.8, 4) is 5.69 Å². The van der Waals surface area contributed by atoms with Crippen molar-refractivity contribution >= 4 is 6.08 Å². The average Bonchev–Trinajstić information content (AvgIpc) is 2.91. The highest BCUT2D eigenvalue weighted by molar-refractivity contribution is 5.48. The fraction of sp³-hybridized carbons (Fsp3) is 0.227. The minimum Gasteiger partial charge on any atom is -0.298 e. The SMILES string of the molecule is Cc1nn(-c2ccccc2)c(C)c1CN(C)CC=Cc1ccccc1. The molecule has 0 saturated heterocycles. The molecule has 0 amide bonds. The Morgan fingerprint density at radius 1 is 0.960 bits per heavy atom. The van der Waals surface area contributed by atoms with Gasteiger partial charge in [0.2, 0.25) is 0 Å². The lowest BCUT2D eigenvalue weighted by atomic mass is 10.2. The molecule has 0 aliphatic heterocycles. The number of rotatable bonds is 6. The maximum Gasteiger partial charge on any atom is 0.0648 e. The van der Waals surface area contributed by atoms with E-state index in [0.29, 0.717) is 0 Å². The average molecular weight is 331 g/mol. The Hall–Kier alpha value is -2.65. The van der Waals surface area contributed by atoms with Gasteiger partial charge in [0.05, 0.1) is 11.4 Å². The summed E-state index contributed by atoms with van der Waals surface area (Å²) in [6.45, 7) is 6.04. The molecule has 0 radical (unpaired) electrons. The highest BCUT2D eigenvalue weighted by Crippen LogP contribution is 2.19. The number of hydrogen-bond donors (Lipinski definition) is 0. The lowest BCUT2D eigenvalue weighted by molar-refractivity contribution is 0.362. The Bertz CT molecular complexity index is 832. The summed E-state index contributed by atoms with van der Waals surface area (Å²) in [6.07, 6.45) is 4.38. The maximum absolute atomic E-state index is 4.73. The van der Waals surface area contributed by atoms with Crippen molar-refractivity contribution < 1.29 is 0 Å². The van der Waals surface area contributed by atoms with Crippen LogP contribution in [0, 0.1) is 13.8 Å². The van der Waals surface area contributed by atoms with E-state index >= 15 is 0 Å². The molecule has 3 rings (SSSR count). The molecule has 0 aliphatic rings. The molecule has 2 aromatic carbocycles. The van der Waals surface area contributed by atoms with Crippen molar-refractivity contribution in [1.82, 2.24) is 14.7 Å². The molecule has 0 spiro atoms. The van der Waals surface area contributed by atoms with Crippen LogP contribution in [0.25, 0.3) is 11.8 Å². The molecule has 0 aliphatic carbocycles. The predicted octanol–water partition coefficient (Wildman–Crippen LogP) is 4.63. The summed E-state index contributed by atoms with van der Waals surface area (Å²) in [5.74, 6) is 0. The van der Waals surface area contributed by atoms with Gasteiger partial charge in [0, 0.05) is 24.3 Å². The van der Waals surface area contributed by atoms with Gasteiger partial charge in [-0.3, -0.25) is 4.90 Å². The number of aryl methyl sites for hydroxylation is 1. The smallest absolute Gasteiger partial charge is 0.0648 e. The van der Waals surface area contributed by atoms with E-state index in [1.54, 1.807) is 0 Å². The molecular formula is C22H25N3. The second kappa shape index (κ2) is 7.95. The van der Waals surface area contributed by atoms with Crippen LogP contribution < -0.4 is 0 Å². The Morgan fingerprint density at radius 2 is 1.60 bits per heavy atom. The van der Waals surface area contributed by atoms with E-state index in [4.69, 9.17) is 5.10 Å². The van der Waals surface area contributed by atoms with Gasteiger partial charge < -0.3 is 0 Å². The van der Waals surface area contributed by atoms with E-state index in [2.05, 4.69) is 74.3 Å². The second-order valence-electron chi connectivity index (χ2n) is 6.41. The fourth-order valence-corrected chi connectivity index (χ4v) is 2.99. The van der Waals surface area contributed by atoms with Gasteiger partial charge in [-0.25, -0.2) is 4.68 Å². The van der Waals surface area contributed by atoms with Crippen LogP contribution in [0.2, 0.25) is 0 Å². The zero-order valence-corrected chi connectivity index (χ0v) is 15.2. The summed E-state index contributed by atoms with van der Waals surface area (Å²) < 4.78 is 2.04. The van der Waals surface area contributed by atoms with E-state index in [-0.39, 0.29) is 0 Å². The fourth-order valence-electron chi connectivity index (χ4n) is 2.99. The topological polar surface area (TPSA) is 21.1 Å². The molecule has 0 unspecified atom stereocenters. The molecule has 25 heavy (non-hydrogen) atoms. The van der Waals surface area contributed by atoms with Crippen molar-refractivity contribution in [2.45, 2.75) is 20.4 Å². The van der Waals surface area contributed by atoms with Crippen LogP contribution in [-0.4, -0.2) is 28.3 Å². The first-order chi connectivity index (χ1) is 12.1. The Morgan fingerprint density at radius 3 is 2.28 bits per heavy atom. The molecule has 0 bridgehead atoms. The first-order valence-corrected chi connectivity index (χ1v) is 8.66. The third-order valence-corrected chi connectivity index (χ3v) is 4.40. The van der Waals surface area contributed by atoms with Crippen molar-refractivity contribution in [2.24, 2.45) is 0 Å². The summed E-state index contributed by atoms with van der Waals surface area (Å²) in [5, 5.41) is 4.73. The van der Waals surface area contributed by atoms with Gasteiger partial charge in [-0.2, -0.15) is 5.10 Å². The molecule has 0 N–H and O–H groups in total. The van der Waals surface area contributed by atoms with Crippen LogP contribution >= 0.6 is 0 Å². The van der Waals surface area contributed by atoms with Gasteiger partial charge in [0.1, 0.15) is 0 Å². The Balaban J connectivity index is 1.68. The third-order valence-electron chi connectivity index (χ3n) is 4.40. The van der Waals surface area contributed by atoms with Crippen LogP contribution in [-0.2, 0) is 6.54 Å². The molecule has 128 valence electrons. The van der Waals surface area contributed by atoms with Crippen molar-refractivity contribution in [1.29, 1.82) is 0 Å². The van der Waals surface area contributed by atoms with Gasteiger partial charge in [-0.15, -0.1) is 0 Å². The highest BCUT2D eigenvalue weighted by atomic mass is 15.3. The Labute approximate surface area is 150 Å². The van der Waals surface area contributed by atoms with Gasteiger partial charge in [0.15, 0.2) is 0 Å². The number of nitrogens with zero attached hydrogens (tertiary/aromatic N) is 3. The maximum atomic E-state index is 4.73. The highest BCUT2D eigenvalue weighted by Gasteiger charge is 2.13. The molecular weight excluding hydrogens is 306 g/mol. The number of para-hydroxylation sites is 1. The summed E-state index contributed by atoms with van der Waals surface area (Å²) in [7, 11) is 2.15. The van der Waals surface area contributed by atoms with E-state index in [9.17, 15) is 0 Å². The standard InChI is InChI=1S/C22H25N3/c1-18-22(19(2)25(23-18)21-14-8-5-9-15-21)17-24(3)16-10-13-20-11-6-4-7-12-20/h4-15H,16-17H2,1-3H3. The van der Waals surface area contributed by atoms with Gasteiger partial charge in [-0.05, 0) is 38.6 Å². The van der Waals surface area contributed by atoms with E-state index < -0.39 is 0 Å². The van der Waals surface area contributed by atoms with Crippen LogP contribution in [0.15, 0.2) is 66.7 Å². The van der Waals surface area contributed by atoms with E-state index in [1.807, 2.05) is 28.9 Å². The van der Waals surface area contributed by atoms with Crippen LogP contribution in [0.1, 0.15) is 22.5 Å². The van der Waals surface area contributed by atoms with Crippen molar-refractivity contribution in [2.75, 3.05) is 13.6 Å². The normalized spacial score (nSPS) is 11.5. The monoisotopic (exact) mass is 331 g/mol. The van der Waals surface area contributed by atoms with E-state index in [1.165, 1.54) is 16.8 Å². The minimum absolute atomic E-state index is 0.892. The number of hydrogen-bond acceptors (Lipinski definition) is 2. The first-order valence-electron chi connectivity index (χ1n) is 8.66. The molecule has 0 atom stereocenters. The summed E-state index contributed by atoms with van der Waals surface area (Å²) >= 11 is 0. The van der Waals surface area contributed by atoms with Crippen LogP contribution in [0.4, 0.5) is 0 Å². The quantitative estimate of drug-likeness (QED) is 0.656. The number of aromatic nitrogens is 2. The summed E-state index contributed by atoms with van der Waals surface area (Å²) in [5.41, 5.74) is 5.96. The lowest BCUT2D eigenvalue weighted by Crippen LogP contribution is -2.18. The molecule has 0 saturated carbocycles.